The fraction of sp³-hybridized carbons (Fsp3) is 0.231. The molecular weight excluding hydrogens is 422 g/mol. The van der Waals surface area contributed by atoms with Crippen LogP contribution in [0, 0.1) is 6.92 Å². The quantitative estimate of drug-likeness (QED) is 0.418. The zero-order valence-corrected chi connectivity index (χ0v) is 18.7. The molecule has 3 heteroatoms. The van der Waals surface area contributed by atoms with Crippen LogP contribution in [0.3, 0.4) is 0 Å². The molecule has 3 aromatic rings. The van der Waals surface area contributed by atoms with Crippen molar-refractivity contribution < 1.29 is 4.74 Å². The Hall–Kier alpha value is -2.52. The van der Waals surface area contributed by atoms with Gasteiger partial charge in [-0.05, 0) is 74.2 Å². The molecule has 0 saturated carbocycles. The van der Waals surface area contributed by atoms with Crippen LogP contribution in [-0.4, -0.2) is 5.54 Å². The summed E-state index contributed by atoms with van der Waals surface area (Å²) < 4.78 is 7.72. The number of rotatable bonds is 1. The van der Waals surface area contributed by atoms with E-state index in [0.29, 0.717) is 0 Å². The second-order valence-electron chi connectivity index (χ2n) is 8.68. The molecule has 0 aliphatic carbocycles. The van der Waals surface area contributed by atoms with Gasteiger partial charge in [0, 0.05) is 26.9 Å². The molecule has 0 radical (unpaired) electrons. The maximum absolute atomic E-state index is 6.65. The van der Waals surface area contributed by atoms with Crippen molar-refractivity contribution in [3.05, 3.63) is 87.4 Å². The number of hydrogen-bond donors (Lipinski definition) is 1. The summed E-state index contributed by atoms with van der Waals surface area (Å²) >= 11 is 3.67. The minimum Gasteiger partial charge on any atom is -0.480 e. The van der Waals surface area contributed by atoms with Crippen LogP contribution in [-0.2, 0) is 0 Å². The van der Waals surface area contributed by atoms with Gasteiger partial charge >= 0.3 is 0 Å². The van der Waals surface area contributed by atoms with Crippen molar-refractivity contribution >= 4 is 27.2 Å². The predicted molar refractivity (Wildman–Crippen MR) is 125 cm³/mol. The minimum atomic E-state index is -0.155. The molecule has 2 aliphatic rings. The first-order valence-corrected chi connectivity index (χ1v) is 10.8. The van der Waals surface area contributed by atoms with Gasteiger partial charge in [-0.2, -0.15) is 0 Å². The normalized spacial score (nSPS) is 18.5. The number of anilines is 1. The molecule has 2 nitrogen and oxygen atoms in total. The molecule has 146 valence electrons. The van der Waals surface area contributed by atoms with Crippen molar-refractivity contribution in [1.29, 1.82) is 0 Å². The van der Waals surface area contributed by atoms with Crippen molar-refractivity contribution in [3.63, 3.8) is 0 Å². The lowest BCUT2D eigenvalue weighted by Gasteiger charge is -2.37. The van der Waals surface area contributed by atoms with Crippen molar-refractivity contribution in [3.8, 4) is 16.9 Å². The number of para-hydroxylation sites is 1. The molecule has 0 unspecified atom stereocenters. The summed E-state index contributed by atoms with van der Waals surface area (Å²) in [5.74, 6) is 0.938. The van der Waals surface area contributed by atoms with Gasteiger partial charge in [0.1, 0.15) is 5.75 Å². The third-order valence-corrected chi connectivity index (χ3v) is 6.18. The minimum absolute atomic E-state index is 0.0688. The summed E-state index contributed by atoms with van der Waals surface area (Å²) in [5, 5.41) is 3.69. The first-order valence-electron chi connectivity index (χ1n) is 10.0. The molecule has 3 aromatic carbocycles. The van der Waals surface area contributed by atoms with E-state index in [9.17, 15) is 0 Å². The van der Waals surface area contributed by atoms with Crippen LogP contribution in [0.2, 0.25) is 0 Å². The van der Waals surface area contributed by atoms with Gasteiger partial charge in [0.05, 0.1) is 5.54 Å². The SMILES string of the molecule is CC1=CC(C)(C)Nc2ccc3c(c21)[C@@H](c1cc(C)cc(Br)c1)Oc1ccccc1-3. The van der Waals surface area contributed by atoms with E-state index in [4.69, 9.17) is 4.74 Å². The van der Waals surface area contributed by atoms with Crippen molar-refractivity contribution in [2.45, 2.75) is 39.3 Å². The van der Waals surface area contributed by atoms with Crippen LogP contribution in [0.1, 0.15) is 49.1 Å². The van der Waals surface area contributed by atoms with Gasteiger partial charge in [0.25, 0.3) is 0 Å². The summed E-state index contributed by atoms with van der Waals surface area (Å²) in [6.45, 7) is 8.76. The molecule has 0 saturated heterocycles. The summed E-state index contributed by atoms with van der Waals surface area (Å²) in [6, 6.07) is 19.4. The lowest BCUT2D eigenvalue weighted by molar-refractivity contribution is 0.243. The average molecular weight is 446 g/mol. The van der Waals surface area contributed by atoms with Crippen LogP contribution >= 0.6 is 15.9 Å². The predicted octanol–water partition coefficient (Wildman–Crippen LogP) is 7.51. The molecule has 1 atom stereocenters. The number of fused-ring (bicyclic) bond motifs is 5. The number of ether oxygens (including phenoxy) is 1. The third-order valence-electron chi connectivity index (χ3n) is 5.73. The zero-order valence-electron chi connectivity index (χ0n) is 17.1. The highest BCUT2D eigenvalue weighted by atomic mass is 79.9. The smallest absolute Gasteiger partial charge is 0.150 e. The number of aryl methyl sites for hydroxylation is 1. The Bertz CT molecular complexity index is 1160. The first kappa shape index (κ1) is 18.5. The van der Waals surface area contributed by atoms with E-state index in [2.05, 4.69) is 104 Å². The van der Waals surface area contributed by atoms with E-state index in [1.807, 2.05) is 6.07 Å². The number of nitrogens with one attached hydrogen (secondary N) is 1. The van der Waals surface area contributed by atoms with Crippen LogP contribution < -0.4 is 10.1 Å². The van der Waals surface area contributed by atoms with Crippen LogP contribution in [0.25, 0.3) is 16.7 Å². The first-order chi connectivity index (χ1) is 13.8. The molecule has 29 heavy (non-hydrogen) atoms. The fourth-order valence-electron chi connectivity index (χ4n) is 4.78. The van der Waals surface area contributed by atoms with Gasteiger partial charge < -0.3 is 10.1 Å². The molecule has 0 amide bonds. The second-order valence-corrected chi connectivity index (χ2v) is 9.60. The number of allylic oxidation sites excluding steroid dienone is 1. The Morgan fingerprint density at radius 3 is 2.55 bits per heavy atom. The van der Waals surface area contributed by atoms with E-state index in [-0.39, 0.29) is 11.6 Å². The second kappa shape index (κ2) is 6.50. The van der Waals surface area contributed by atoms with Crippen molar-refractivity contribution in [1.82, 2.24) is 0 Å². The zero-order chi connectivity index (χ0) is 20.3. The van der Waals surface area contributed by atoms with E-state index < -0.39 is 0 Å². The van der Waals surface area contributed by atoms with Crippen molar-refractivity contribution in [2.24, 2.45) is 0 Å². The van der Waals surface area contributed by atoms with Crippen LogP contribution in [0.15, 0.2) is 65.1 Å². The van der Waals surface area contributed by atoms with Crippen LogP contribution in [0.5, 0.6) is 5.75 Å². The Balaban J connectivity index is 1.82. The molecule has 0 fully saturated rings. The third kappa shape index (κ3) is 3.08. The molecule has 2 aliphatic heterocycles. The number of hydrogen-bond acceptors (Lipinski definition) is 2. The summed E-state index contributed by atoms with van der Waals surface area (Å²) in [4.78, 5) is 0. The molecule has 5 rings (SSSR count). The number of benzene rings is 3. The van der Waals surface area contributed by atoms with E-state index >= 15 is 0 Å². The largest absolute Gasteiger partial charge is 0.480 e. The Kier molecular flexibility index (Phi) is 4.15. The van der Waals surface area contributed by atoms with Gasteiger partial charge in [-0.15, -0.1) is 0 Å². The monoisotopic (exact) mass is 445 g/mol. The maximum atomic E-state index is 6.65. The van der Waals surface area contributed by atoms with Gasteiger partial charge in [-0.25, -0.2) is 0 Å². The average Bonchev–Trinajstić information content (AvgIpc) is 2.65. The lowest BCUT2D eigenvalue weighted by Crippen LogP contribution is -2.32. The fourth-order valence-corrected chi connectivity index (χ4v) is 5.41. The number of halogens is 1. The van der Waals surface area contributed by atoms with E-state index in [1.165, 1.54) is 39.1 Å². The Labute approximate surface area is 180 Å². The van der Waals surface area contributed by atoms with Crippen molar-refractivity contribution in [2.75, 3.05) is 5.32 Å². The van der Waals surface area contributed by atoms with Gasteiger partial charge in [0.2, 0.25) is 0 Å². The molecule has 2 heterocycles. The molecule has 1 N–H and O–H groups in total. The van der Waals surface area contributed by atoms with Gasteiger partial charge in [-0.3, -0.25) is 0 Å². The summed E-state index contributed by atoms with van der Waals surface area (Å²) in [6.07, 6.45) is 2.16. The highest BCUT2D eigenvalue weighted by Gasteiger charge is 2.34. The van der Waals surface area contributed by atoms with Crippen LogP contribution in [0.4, 0.5) is 5.69 Å². The van der Waals surface area contributed by atoms with E-state index in [0.717, 1.165) is 15.8 Å². The lowest BCUT2D eigenvalue weighted by atomic mass is 9.80. The topological polar surface area (TPSA) is 21.3 Å². The van der Waals surface area contributed by atoms with E-state index in [1.54, 1.807) is 0 Å². The highest BCUT2D eigenvalue weighted by Crippen LogP contribution is 2.50. The Morgan fingerprint density at radius 1 is 0.966 bits per heavy atom. The summed E-state index contributed by atoms with van der Waals surface area (Å²) in [7, 11) is 0. The van der Waals surface area contributed by atoms with Gasteiger partial charge in [-0.1, -0.05) is 52.3 Å². The maximum Gasteiger partial charge on any atom is 0.150 e. The molecular formula is C26H24BrNO. The Morgan fingerprint density at radius 2 is 1.76 bits per heavy atom. The molecule has 0 bridgehead atoms. The summed E-state index contributed by atoms with van der Waals surface area (Å²) in [5.41, 5.74) is 9.70. The molecule has 0 spiro atoms. The van der Waals surface area contributed by atoms with Gasteiger partial charge in [0.15, 0.2) is 6.10 Å². The molecule has 0 aromatic heterocycles. The highest BCUT2D eigenvalue weighted by molar-refractivity contribution is 9.10. The standard InChI is InChI=1S/C26H24BrNO/c1-15-11-17(13-18(27)12-15)25-24-20(19-7-5-6-8-22(19)29-25)9-10-21-23(24)16(2)14-26(3,4)28-21/h5-14,25,28H,1-4H3/t25-/m1/s1.